The average Bonchev–Trinajstić information content (AvgIpc) is 2.33. The van der Waals surface area contributed by atoms with E-state index in [9.17, 15) is 9.90 Å². The van der Waals surface area contributed by atoms with Gasteiger partial charge in [-0.25, -0.2) is 4.79 Å². The minimum atomic E-state index is -0.506. The van der Waals surface area contributed by atoms with Gasteiger partial charge in [0.2, 0.25) is 0 Å². The van der Waals surface area contributed by atoms with Crippen molar-refractivity contribution in [2.24, 2.45) is 0 Å². The van der Waals surface area contributed by atoms with Crippen LogP contribution in [0.2, 0.25) is 0 Å². The van der Waals surface area contributed by atoms with E-state index in [4.69, 9.17) is 4.42 Å². The van der Waals surface area contributed by atoms with Gasteiger partial charge in [0.25, 0.3) is 0 Å². The molecule has 0 amide bonds. The number of H-pyrrole nitrogens is 1. The third kappa shape index (κ3) is 3.43. The summed E-state index contributed by atoms with van der Waals surface area (Å²) in [6.07, 6.45) is 1.33. The molecule has 1 rings (SSSR count). The maximum Gasteiger partial charge on any atom is 0.416 e. The van der Waals surface area contributed by atoms with E-state index in [2.05, 4.69) is 4.98 Å². The van der Waals surface area contributed by atoms with E-state index in [1.54, 1.807) is 0 Å². The summed E-state index contributed by atoms with van der Waals surface area (Å²) >= 11 is 0. The molecular weight excluding hydrogens is 172 g/mol. The fourth-order valence-electron chi connectivity index (χ4n) is 1.14. The van der Waals surface area contributed by atoms with Crippen LogP contribution in [0.4, 0.5) is 0 Å². The van der Waals surface area contributed by atoms with Crippen LogP contribution >= 0.6 is 0 Å². The molecule has 0 saturated heterocycles. The van der Waals surface area contributed by atoms with Gasteiger partial charge in [0.1, 0.15) is 5.76 Å². The van der Waals surface area contributed by atoms with Crippen LogP contribution < -0.4 is 5.76 Å². The number of hydrogen-bond donors (Lipinski definition) is 2. The van der Waals surface area contributed by atoms with Crippen molar-refractivity contribution < 1.29 is 9.52 Å². The van der Waals surface area contributed by atoms with E-state index < -0.39 is 11.9 Å². The standard InChI is InChI=1S/C8H14N2O3/c1-10(2)5-6(11)3-7-4-9-8(12)13-7/h4,6,11H,3,5H2,1-2H3,(H,9,12). The topological polar surface area (TPSA) is 69.5 Å². The highest BCUT2D eigenvalue weighted by molar-refractivity contribution is 4.91. The van der Waals surface area contributed by atoms with Crippen LogP contribution in [0.25, 0.3) is 0 Å². The summed E-state index contributed by atoms with van der Waals surface area (Å²) in [6, 6.07) is 0. The number of hydrogen-bond acceptors (Lipinski definition) is 4. The van der Waals surface area contributed by atoms with E-state index in [1.165, 1.54) is 6.20 Å². The van der Waals surface area contributed by atoms with Gasteiger partial charge in [0, 0.05) is 19.2 Å². The van der Waals surface area contributed by atoms with Crippen LogP contribution in [0.3, 0.4) is 0 Å². The van der Waals surface area contributed by atoms with Gasteiger partial charge in [-0.15, -0.1) is 0 Å². The Bertz CT molecular complexity index is 302. The molecule has 0 radical (unpaired) electrons. The first-order valence-electron chi connectivity index (χ1n) is 4.08. The van der Waals surface area contributed by atoms with E-state index in [0.717, 1.165) is 0 Å². The van der Waals surface area contributed by atoms with Gasteiger partial charge in [0.15, 0.2) is 0 Å². The molecular formula is C8H14N2O3. The Kier molecular flexibility index (Phi) is 3.27. The molecule has 0 aliphatic rings. The third-order valence-corrected chi connectivity index (χ3v) is 1.59. The molecule has 1 unspecified atom stereocenters. The van der Waals surface area contributed by atoms with Crippen LogP contribution in [0.1, 0.15) is 5.76 Å². The fraction of sp³-hybridized carbons (Fsp3) is 0.625. The van der Waals surface area contributed by atoms with Gasteiger partial charge in [-0.2, -0.15) is 0 Å². The summed E-state index contributed by atoms with van der Waals surface area (Å²) < 4.78 is 4.75. The van der Waals surface area contributed by atoms with E-state index in [1.807, 2.05) is 19.0 Å². The maximum absolute atomic E-state index is 10.6. The zero-order valence-corrected chi connectivity index (χ0v) is 7.78. The zero-order chi connectivity index (χ0) is 9.84. The molecule has 0 aromatic carbocycles. The Morgan fingerprint density at radius 2 is 2.38 bits per heavy atom. The monoisotopic (exact) mass is 186 g/mol. The fourth-order valence-corrected chi connectivity index (χ4v) is 1.14. The van der Waals surface area contributed by atoms with Crippen molar-refractivity contribution in [3.05, 3.63) is 22.5 Å². The molecule has 74 valence electrons. The second-order valence-corrected chi connectivity index (χ2v) is 3.26. The van der Waals surface area contributed by atoms with Crippen LogP contribution in [-0.2, 0) is 6.42 Å². The number of nitrogens with zero attached hydrogens (tertiary/aromatic N) is 1. The van der Waals surface area contributed by atoms with Crippen molar-refractivity contribution in [1.82, 2.24) is 9.88 Å². The van der Waals surface area contributed by atoms with Crippen molar-refractivity contribution in [3.8, 4) is 0 Å². The second kappa shape index (κ2) is 4.25. The minimum Gasteiger partial charge on any atom is -0.413 e. The first-order valence-corrected chi connectivity index (χ1v) is 4.08. The zero-order valence-electron chi connectivity index (χ0n) is 7.78. The molecule has 0 spiro atoms. The second-order valence-electron chi connectivity index (χ2n) is 3.26. The third-order valence-electron chi connectivity index (χ3n) is 1.59. The van der Waals surface area contributed by atoms with Crippen molar-refractivity contribution in [2.45, 2.75) is 12.5 Å². The summed E-state index contributed by atoms with van der Waals surface area (Å²) in [4.78, 5) is 14.8. The lowest BCUT2D eigenvalue weighted by Gasteiger charge is -2.14. The summed E-state index contributed by atoms with van der Waals surface area (Å²) in [6.45, 7) is 0.550. The first-order chi connectivity index (χ1) is 6.08. The Balaban J connectivity index is 2.45. The summed E-state index contributed by atoms with van der Waals surface area (Å²) in [5, 5.41) is 9.46. The van der Waals surface area contributed by atoms with E-state index >= 15 is 0 Å². The van der Waals surface area contributed by atoms with Gasteiger partial charge in [-0.3, -0.25) is 4.98 Å². The lowest BCUT2D eigenvalue weighted by molar-refractivity contribution is 0.131. The number of nitrogens with one attached hydrogen (secondary N) is 1. The first kappa shape index (κ1) is 10.0. The molecule has 1 atom stereocenters. The summed E-state index contributed by atoms with van der Waals surface area (Å²) in [7, 11) is 3.74. The van der Waals surface area contributed by atoms with Gasteiger partial charge >= 0.3 is 5.76 Å². The number of aliphatic hydroxyl groups excluding tert-OH is 1. The molecule has 1 aromatic heterocycles. The molecule has 0 aliphatic carbocycles. The normalized spacial score (nSPS) is 13.5. The number of rotatable bonds is 4. The summed E-state index contributed by atoms with van der Waals surface area (Å²) in [5.74, 6) is 0.00593. The predicted octanol–water partition coefficient (Wildman–Crippen LogP) is -0.567. The smallest absolute Gasteiger partial charge is 0.413 e. The van der Waals surface area contributed by atoms with Crippen LogP contribution in [-0.4, -0.2) is 41.7 Å². The highest BCUT2D eigenvalue weighted by atomic mass is 16.4. The molecule has 0 saturated carbocycles. The maximum atomic E-state index is 10.6. The largest absolute Gasteiger partial charge is 0.416 e. The van der Waals surface area contributed by atoms with Crippen molar-refractivity contribution in [2.75, 3.05) is 20.6 Å². The molecule has 0 bridgehead atoms. The molecule has 1 aromatic rings. The molecule has 2 N–H and O–H groups in total. The Morgan fingerprint density at radius 1 is 1.69 bits per heavy atom. The van der Waals surface area contributed by atoms with Gasteiger partial charge in [-0.1, -0.05) is 0 Å². The Morgan fingerprint density at radius 3 is 2.85 bits per heavy atom. The Hall–Kier alpha value is -1.07. The molecule has 5 heteroatoms. The highest BCUT2D eigenvalue weighted by Gasteiger charge is 2.09. The summed E-state index contributed by atoms with van der Waals surface area (Å²) in [5.41, 5.74) is 0. The average molecular weight is 186 g/mol. The minimum absolute atomic E-state index is 0.358. The van der Waals surface area contributed by atoms with E-state index in [0.29, 0.717) is 18.7 Å². The molecule has 13 heavy (non-hydrogen) atoms. The lowest BCUT2D eigenvalue weighted by Crippen LogP contribution is -2.27. The highest BCUT2D eigenvalue weighted by Crippen LogP contribution is 1.99. The van der Waals surface area contributed by atoms with Crippen LogP contribution in [0, 0.1) is 0 Å². The van der Waals surface area contributed by atoms with Crippen molar-refractivity contribution in [1.29, 1.82) is 0 Å². The number of aromatic amines is 1. The van der Waals surface area contributed by atoms with Gasteiger partial charge < -0.3 is 14.4 Å². The Labute approximate surface area is 76.0 Å². The van der Waals surface area contributed by atoms with Gasteiger partial charge in [-0.05, 0) is 14.1 Å². The number of aliphatic hydroxyl groups is 1. The van der Waals surface area contributed by atoms with Gasteiger partial charge in [0.05, 0.1) is 6.10 Å². The number of aromatic nitrogens is 1. The van der Waals surface area contributed by atoms with Crippen molar-refractivity contribution >= 4 is 0 Å². The molecule has 0 aliphatic heterocycles. The van der Waals surface area contributed by atoms with E-state index in [-0.39, 0.29) is 0 Å². The lowest BCUT2D eigenvalue weighted by atomic mass is 10.2. The molecule has 1 heterocycles. The van der Waals surface area contributed by atoms with Crippen molar-refractivity contribution in [3.63, 3.8) is 0 Å². The number of likely N-dealkylation sites (N-methyl/N-ethyl adjacent to an activating group) is 1. The SMILES string of the molecule is CN(C)CC(O)Cc1c[nH]c(=O)o1. The predicted molar refractivity (Wildman–Crippen MR) is 47.6 cm³/mol. The van der Waals surface area contributed by atoms with Crippen LogP contribution in [0.5, 0.6) is 0 Å². The van der Waals surface area contributed by atoms with Crippen LogP contribution in [0.15, 0.2) is 15.4 Å². The quantitative estimate of drug-likeness (QED) is 0.661. The molecule has 0 fully saturated rings. The molecule has 5 nitrogen and oxygen atoms in total. The number of oxazole rings is 1.